The van der Waals surface area contributed by atoms with Crippen LogP contribution in [-0.2, 0) is 0 Å². The zero-order chi connectivity index (χ0) is 12.3. The molecule has 1 unspecified atom stereocenters. The average Bonchev–Trinajstić information content (AvgIpc) is 2.37. The van der Waals surface area contributed by atoms with E-state index >= 15 is 0 Å². The first kappa shape index (κ1) is 11.5. The number of benzene rings is 2. The Morgan fingerprint density at radius 1 is 1.24 bits per heavy atom. The van der Waals surface area contributed by atoms with Crippen LogP contribution in [-0.4, -0.2) is 23.7 Å². The monoisotopic (exact) mass is 230 g/mol. The van der Waals surface area contributed by atoms with Crippen molar-refractivity contribution in [3.8, 4) is 0 Å². The van der Waals surface area contributed by atoms with Gasteiger partial charge in [0.15, 0.2) is 0 Å². The van der Waals surface area contributed by atoms with Gasteiger partial charge < -0.3 is 5.11 Å². The van der Waals surface area contributed by atoms with E-state index in [-0.39, 0.29) is 6.54 Å². The third-order valence-electron chi connectivity index (χ3n) is 2.76. The normalized spacial score (nSPS) is 12.4. The molecule has 1 N–H and O–H groups in total. The molecule has 17 heavy (non-hydrogen) atoms. The van der Waals surface area contributed by atoms with Crippen LogP contribution in [0, 0.1) is 4.91 Å². The molecule has 4 heteroatoms. The predicted molar refractivity (Wildman–Crippen MR) is 67.3 cm³/mol. The number of nitroso groups, excluding NO2 is 1. The predicted octanol–water partition coefficient (Wildman–Crippen LogP) is 2.49. The molecule has 0 aromatic heterocycles. The Labute approximate surface area is 99.4 Å². The van der Waals surface area contributed by atoms with E-state index in [1.165, 1.54) is 5.01 Å². The summed E-state index contributed by atoms with van der Waals surface area (Å²) in [5.74, 6) is 0. The van der Waals surface area contributed by atoms with E-state index in [0.29, 0.717) is 0 Å². The van der Waals surface area contributed by atoms with E-state index in [0.717, 1.165) is 16.3 Å². The fraction of sp³-hybridized carbons (Fsp3) is 0.231. The fourth-order valence-electron chi connectivity index (χ4n) is 1.92. The van der Waals surface area contributed by atoms with Crippen LogP contribution >= 0.6 is 0 Å². The standard InChI is InChI=1S/C13H14N2O2/c1-15(14-17)9-13(16)12-8-4-6-10-5-2-3-7-11(10)12/h2-8,13,16H,9H2,1H3. The molecule has 2 aromatic carbocycles. The smallest absolute Gasteiger partial charge is 0.0988 e. The van der Waals surface area contributed by atoms with E-state index in [1.807, 2.05) is 42.5 Å². The van der Waals surface area contributed by atoms with Crippen LogP contribution in [0.4, 0.5) is 0 Å². The van der Waals surface area contributed by atoms with Gasteiger partial charge in [-0.15, -0.1) is 4.91 Å². The Bertz CT molecular complexity index is 522. The summed E-state index contributed by atoms with van der Waals surface area (Å²) in [5.41, 5.74) is 0.818. The molecule has 0 spiro atoms. The molecule has 0 aliphatic carbocycles. The second-order valence-electron chi connectivity index (χ2n) is 4.01. The Morgan fingerprint density at radius 3 is 2.71 bits per heavy atom. The zero-order valence-corrected chi connectivity index (χ0v) is 9.58. The molecule has 0 aliphatic heterocycles. The van der Waals surface area contributed by atoms with Crippen molar-refractivity contribution >= 4 is 10.8 Å². The highest BCUT2D eigenvalue weighted by Crippen LogP contribution is 2.24. The summed E-state index contributed by atoms with van der Waals surface area (Å²) < 4.78 is 0. The minimum Gasteiger partial charge on any atom is -0.386 e. The summed E-state index contributed by atoms with van der Waals surface area (Å²) in [4.78, 5) is 10.3. The van der Waals surface area contributed by atoms with Gasteiger partial charge in [0.1, 0.15) is 0 Å². The Kier molecular flexibility index (Phi) is 3.35. The molecule has 0 fully saturated rings. The molecule has 2 aromatic rings. The lowest BCUT2D eigenvalue weighted by atomic mass is 10.0. The second-order valence-corrected chi connectivity index (χ2v) is 4.01. The molecule has 0 saturated heterocycles. The van der Waals surface area contributed by atoms with Gasteiger partial charge in [0.05, 0.1) is 17.9 Å². The third kappa shape index (κ3) is 2.42. The number of likely N-dealkylation sites (N-methyl/N-ethyl adjacent to an activating group) is 1. The zero-order valence-electron chi connectivity index (χ0n) is 9.58. The SMILES string of the molecule is CN(CC(O)c1cccc2ccccc12)N=O. The summed E-state index contributed by atoms with van der Waals surface area (Å²) in [7, 11) is 1.54. The van der Waals surface area contributed by atoms with E-state index in [4.69, 9.17) is 0 Å². The molecular weight excluding hydrogens is 216 g/mol. The number of aliphatic hydroxyl groups is 1. The van der Waals surface area contributed by atoms with Crippen LogP contribution in [0.25, 0.3) is 10.8 Å². The maximum atomic E-state index is 10.3. The van der Waals surface area contributed by atoms with Crippen LogP contribution in [0.1, 0.15) is 11.7 Å². The summed E-state index contributed by atoms with van der Waals surface area (Å²) in [5, 5.41) is 16.1. The molecule has 0 saturated carbocycles. The lowest BCUT2D eigenvalue weighted by Crippen LogP contribution is -2.19. The second kappa shape index (κ2) is 4.93. The highest BCUT2D eigenvalue weighted by Gasteiger charge is 2.12. The third-order valence-corrected chi connectivity index (χ3v) is 2.76. The molecule has 0 bridgehead atoms. The van der Waals surface area contributed by atoms with Crippen molar-refractivity contribution in [1.29, 1.82) is 0 Å². The van der Waals surface area contributed by atoms with Gasteiger partial charge in [-0.25, -0.2) is 0 Å². The van der Waals surface area contributed by atoms with E-state index in [2.05, 4.69) is 5.29 Å². The molecule has 88 valence electrons. The minimum atomic E-state index is -0.719. The topological polar surface area (TPSA) is 52.9 Å². The molecule has 0 amide bonds. The van der Waals surface area contributed by atoms with Crippen LogP contribution in [0.15, 0.2) is 47.8 Å². The number of rotatable bonds is 4. The highest BCUT2D eigenvalue weighted by atomic mass is 16.3. The lowest BCUT2D eigenvalue weighted by Gasteiger charge is -2.16. The fourth-order valence-corrected chi connectivity index (χ4v) is 1.92. The number of nitrogens with zero attached hydrogens (tertiary/aromatic N) is 2. The van der Waals surface area contributed by atoms with E-state index in [1.54, 1.807) is 7.05 Å². The number of hydrogen-bond donors (Lipinski definition) is 1. The van der Waals surface area contributed by atoms with Crippen LogP contribution in [0.5, 0.6) is 0 Å². The number of fused-ring (bicyclic) bond motifs is 1. The number of aliphatic hydroxyl groups excluding tert-OH is 1. The summed E-state index contributed by atoms with van der Waals surface area (Å²) in [6.45, 7) is 0.192. The van der Waals surface area contributed by atoms with Gasteiger partial charge in [-0.2, -0.15) is 0 Å². The van der Waals surface area contributed by atoms with Crippen molar-refractivity contribution in [2.75, 3.05) is 13.6 Å². The summed E-state index contributed by atoms with van der Waals surface area (Å²) in [6, 6.07) is 13.6. The lowest BCUT2D eigenvalue weighted by molar-refractivity contribution is 0.129. The molecule has 0 heterocycles. The van der Waals surface area contributed by atoms with Crippen molar-refractivity contribution < 1.29 is 5.11 Å². The van der Waals surface area contributed by atoms with Crippen molar-refractivity contribution in [1.82, 2.24) is 5.01 Å². The van der Waals surface area contributed by atoms with Crippen LogP contribution < -0.4 is 0 Å². The first-order valence-electron chi connectivity index (χ1n) is 5.42. The van der Waals surface area contributed by atoms with E-state index < -0.39 is 6.10 Å². The Balaban J connectivity index is 2.37. The first-order chi connectivity index (χ1) is 8.22. The van der Waals surface area contributed by atoms with Gasteiger partial charge in [0.2, 0.25) is 0 Å². The van der Waals surface area contributed by atoms with Gasteiger partial charge in [-0.3, -0.25) is 5.01 Å². The highest BCUT2D eigenvalue weighted by molar-refractivity contribution is 5.85. The quantitative estimate of drug-likeness (QED) is 0.648. The van der Waals surface area contributed by atoms with Crippen LogP contribution in [0.2, 0.25) is 0 Å². The van der Waals surface area contributed by atoms with Crippen molar-refractivity contribution in [2.24, 2.45) is 5.29 Å². The molecule has 0 aliphatic rings. The van der Waals surface area contributed by atoms with Crippen molar-refractivity contribution in [3.05, 3.63) is 52.9 Å². The molecular formula is C13H14N2O2. The summed E-state index contributed by atoms with van der Waals surface area (Å²) >= 11 is 0. The molecule has 1 atom stereocenters. The molecule has 0 radical (unpaired) electrons. The van der Waals surface area contributed by atoms with Gasteiger partial charge in [-0.05, 0) is 16.3 Å². The van der Waals surface area contributed by atoms with Crippen molar-refractivity contribution in [3.63, 3.8) is 0 Å². The maximum Gasteiger partial charge on any atom is 0.0988 e. The average molecular weight is 230 g/mol. The molecule has 2 rings (SSSR count). The first-order valence-corrected chi connectivity index (χ1v) is 5.42. The Morgan fingerprint density at radius 2 is 1.94 bits per heavy atom. The largest absolute Gasteiger partial charge is 0.386 e. The summed E-state index contributed by atoms with van der Waals surface area (Å²) in [6.07, 6.45) is -0.719. The van der Waals surface area contributed by atoms with Crippen LogP contribution in [0.3, 0.4) is 0 Å². The minimum absolute atomic E-state index is 0.192. The van der Waals surface area contributed by atoms with Crippen molar-refractivity contribution in [2.45, 2.75) is 6.10 Å². The Hall–Kier alpha value is -1.94. The maximum absolute atomic E-state index is 10.3. The van der Waals surface area contributed by atoms with E-state index in [9.17, 15) is 10.0 Å². The molecule has 4 nitrogen and oxygen atoms in total. The van der Waals surface area contributed by atoms with Gasteiger partial charge in [-0.1, -0.05) is 42.5 Å². The van der Waals surface area contributed by atoms with Gasteiger partial charge >= 0.3 is 0 Å². The van der Waals surface area contributed by atoms with Gasteiger partial charge in [0, 0.05) is 7.05 Å². The van der Waals surface area contributed by atoms with Gasteiger partial charge in [0.25, 0.3) is 0 Å². The number of hydrogen-bond acceptors (Lipinski definition) is 3.